The van der Waals surface area contributed by atoms with E-state index in [9.17, 15) is 4.79 Å². The molecule has 1 aromatic carbocycles. The van der Waals surface area contributed by atoms with Gasteiger partial charge in [-0.1, -0.05) is 36.8 Å². The lowest BCUT2D eigenvalue weighted by atomic mass is 10.1. The van der Waals surface area contributed by atoms with Gasteiger partial charge in [0.25, 0.3) is 0 Å². The molecule has 0 bridgehead atoms. The third-order valence-electron chi connectivity index (χ3n) is 3.55. The maximum Gasteiger partial charge on any atom is 0.230 e. The van der Waals surface area contributed by atoms with Crippen molar-refractivity contribution in [3.8, 4) is 0 Å². The number of carbonyl (C=O) groups is 1. The summed E-state index contributed by atoms with van der Waals surface area (Å²) in [6.45, 7) is 0. The van der Waals surface area contributed by atoms with E-state index in [0.717, 1.165) is 23.5 Å². The van der Waals surface area contributed by atoms with Gasteiger partial charge in [0.1, 0.15) is 0 Å². The van der Waals surface area contributed by atoms with E-state index in [1.54, 1.807) is 11.3 Å². The van der Waals surface area contributed by atoms with Crippen molar-refractivity contribution in [2.75, 3.05) is 5.32 Å². The molecule has 3 nitrogen and oxygen atoms in total. The average molecular weight is 286 g/mol. The number of aryl methyl sites for hydroxylation is 2. The number of anilines is 1. The van der Waals surface area contributed by atoms with Gasteiger partial charge in [0.2, 0.25) is 5.91 Å². The number of thiazole rings is 1. The highest BCUT2D eigenvalue weighted by atomic mass is 32.1. The Balaban J connectivity index is 1.64. The van der Waals surface area contributed by atoms with Gasteiger partial charge in [-0.05, 0) is 31.2 Å². The van der Waals surface area contributed by atoms with E-state index in [1.165, 1.54) is 29.8 Å². The van der Waals surface area contributed by atoms with Crippen LogP contribution in [-0.4, -0.2) is 10.9 Å². The highest BCUT2D eigenvalue weighted by Crippen LogP contribution is 2.28. The van der Waals surface area contributed by atoms with E-state index >= 15 is 0 Å². The molecule has 0 atom stereocenters. The van der Waals surface area contributed by atoms with Gasteiger partial charge in [-0.3, -0.25) is 4.79 Å². The first-order valence-electron chi connectivity index (χ1n) is 7.13. The Kier molecular flexibility index (Phi) is 4.11. The highest BCUT2D eigenvalue weighted by molar-refractivity contribution is 7.15. The molecule has 1 aliphatic carbocycles. The SMILES string of the molecule is O=C(Cc1ccccc1)Nc1nc2c(s1)CCCCC2. The van der Waals surface area contributed by atoms with Crippen LogP contribution >= 0.6 is 11.3 Å². The van der Waals surface area contributed by atoms with Crippen LogP contribution in [0.1, 0.15) is 35.4 Å². The van der Waals surface area contributed by atoms with Crippen molar-refractivity contribution in [3.05, 3.63) is 46.5 Å². The van der Waals surface area contributed by atoms with E-state index in [0.29, 0.717) is 6.42 Å². The van der Waals surface area contributed by atoms with Gasteiger partial charge in [0.15, 0.2) is 5.13 Å². The Morgan fingerprint density at radius 2 is 1.95 bits per heavy atom. The fourth-order valence-corrected chi connectivity index (χ4v) is 3.59. The predicted molar refractivity (Wildman–Crippen MR) is 82.1 cm³/mol. The Hall–Kier alpha value is -1.68. The second-order valence-corrected chi connectivity index (χ2v) is 6.24. The topological polar surface area (TPSA) is 42.0 Å². The summed E-state index contributed by atoms with van der Waals surface area (Å²) in [6, 6.07) is 9.80. The van der Waals surface area contributed by atoms with Gasteiger partial charge in [-0.15, -0.1) is 11.3 Å². The van der Waals surface area contributed by atoms with Crippen LogP contribution in [0.25, 0.3) is 0 Å². The maximum absolute atomic E-state index is 12.0. The van der Waals surface area contributed by atoms with Crippen LogP contribution in [0.3, 0.4) is 0 Å². The normalized spacial score (nSPS) is 14.4. The molecule has 20 heavy (non-hydrogen) atoms. The van der Waals surface area contributed by atoms with Crippen LogP contribution in [-0.2, 0) is 24.1 Å². The maximum atomic E-state index is 12.0. The molecule has 0 radical (unpaired) electrons. The fourth-order valence-electron chi connectivity index (χ4n) is 2.53. The molecule has 0 saturated carbocycles. The standard InChI is InChI=1S/C16H18N2OS/c19-15(11-12-7-3-1-4-8-12)18-16-17-13-9-5-2-6-10-14(13)20-16/h1,3-4,7-8H,2,5-6,9-11H2,(H,17,18,19). The fraction of sp³-hybridized carbons (Fsp3) is 0.375. The molecule has 0 saturated heterocycles. The number of hydrogen-bond acceptors (Lipinski definition) is 3. The molecule has 1 aromatic heterocycles. The zero-order valence-electron chi connectivity index (χ0n) is 11.4. The monoisotopic (exact) mass is 286 g/mol. The molecule has 1 heterocycles. The van der Waals surface area contributed by atoms with Crippen LogP contribution in [0, 0.1) is 0 Å². The molecule has 0 aliphatic heterocycles. The van der Waals surface area contributed by atoms with Crippen molar-refractivity contribution < 1.29 is 4.79 Å². The number of fused-ring (bicyclic) bond motifs is 1. The first-order valence-corrected chi connectivity index (χ1v) is 7.95. The lowest BCUT2D eigenvalue weighted by molar-refractivity contribution is -0.115. The molecule has 1 amide bonds. The summed E-state index contributed by atoms with van der Waals surface area (Å²) in [5, 5.41) is 3.70. The molecule has 0 spiro atoms. The number of nitrogens with zero attached hydrogens (tertiary/aromatic N) is 1. The summed E-state index contributed by atoms with van der Waals surface area (Å²) < 4.78 is 0. The molecular weight excluding hydrogens is 268 g/mol. The second-order valence-electron chi connectivity index (χ2n) is 5.16. The Morgan fingerprint density at radius 3 is 2.80 bits per heavy atom. The zero-order valence-corrected chi connectivity index (χ0v) is 12.2. The van der Waals surface area contributed by atoms with Gasteiger partial charge in [0.05, 0.1) is 12.1 Å². The summed E-state index contributed by atoms with van der Waals surface area (Å²) in [6.07, 6.45) is 6.33. The predicted octanol–water partition coefficient (Wildman–Crippen LogP) is 3.59. The van der Waals surface area contributed by atoms with Gasteiger partial charge in [-0.2, -0.15) is 0 Å². The summed E-state index contributed by atoms with van der Waals surface area (Å²) in [5.74, 6) is 0.0140. The van der Waals surface area contributed by atoms with Crippen molar-refractivity contribution >= 4 is 22.4 Å². The van der Waals surface area contributed by atoms with Crippen molar-refractivity contribution in [2.45, 2.75) is 38.5 Å². The molecule has 1 aliphatic rings. The lowest BCUT2D eigenvalue weighted by Crippen LogP contribution is -2.14. The molecule has 3 rings (SSSR count). The van der Waals surface area contributed by atoms with Crippen LogP contribution in [0.2, 0.25) is 0 Å². The van der Waals surface area contributed by atoms with Crippen molar-refractivity contribution in [1.29, 1.82) is 0 Å². The molecular formula is C16H18N2OS. The van der Waals surface area contributed by atoms with Gasteiger partial charge < -0.3 is 5.32 Å². The minimum atomic E-state index is 0.0140. The van der Waals surface area contributed by atoms with Crippen molar-refractivity contribution in [3.63, 3.8) is 0 Å². The molecule has 104 valence electrons. The van der Waals surface area contributed by atoms with E-state index in [4.69, 9.17) is 0 Å². The molecule has 4 heteroatoms. The second kappa shape index (κ2) is 6.18. The van der Waals surface area contributed by atoms with Crippen LogP contribution in [0.15, 0.2) is 30.3 Å². The van der Waals surface area contributed by atoms with E-state index in [-0.39, 0.29) is 5.91 Å². The molecule has 1 N–H and O–H groups in total. The Labute approximate surface area is 123 Å². The van der Waals surface area contributed by atoms with E-state index in [1.807, 2.05) is 30.3 Å². The van der Waals surface area contributed by atoms with Crippen molar-refractivity contribution in [2.24, 2.45) is 0 Å². The highest BCUT2D eigenvalue weighted by Gasteiger charge is 2.15. The third-order valence-corrected chi connectivity index (χ3v) is 4.62. The Bertz CT molecular complexity index is 568. The number of carbonyl (C=O) groups excluding carboxylic acids is 1. The first kappa shape index (κ1) is 13.3. The summed E-state index contributed by atoms with van der Waals surface area (Å²) >= 11 is 1.64. The number of amides is 1. The minimum absolute atomic E-state index is 0.0140. The average Bonchev–Trinajstić information content (AvgIpc) is 2.68. The molecule has 2 aromatic rings. The molecule has 0 fully saturated rings. The third kappa shape index (κ3) is 3.25. The number of rotatable bonds is 3. The van der Waals surface area contributed by atoms with Gasteiger partial charge >= 0.3 is 0 Å². The number of aromatic nitrogens is 1. The van der Waals surface area contributed by atoms with E-state index in [2.05, 4.69) is 10.3 Å². The quantitative estimate of drug-likeness (QED) is 0.876. The number of hydrogen-bond donors (Lipinski definition) is 1. The zero-order chi connectivity index (χ0) is 13.8. The largest absolute Gasteiger partial charge is 0.302 e. The summed E-state index contributed by atoms with van der Waals surface area (Å²) in [5.41, 5.74) is 2.23. The van der Waals surface area contributed by atoms with Gasteiger partial charge in [0, 0.05) is 4.88 Å². The van der Waals surface area contributed by atoms with Crippen molar-refractivity contribution in [1.82, 2.24) is 4.98 Å². The summed E-state index contributed by atoms with van der Waals surface area (Å²) in [4.78, 5) is 18.0. The Morgan fingerprint density at radius 1 is 1.15 bits per heavy atom. The minimum Gasteiger partial charge on any atom is -0.302 e. The van der Waals surface area contributed by atoms with E-state index < -0.39 is 0 Å². The lowest BCUT2D eigenvalue weighted by Gasteiger charge is -2.01. The number of nitrogens with one attached hydrogen (secondary N) is 1. The smallest absolute Gasteiger partial charge is 0.230 e. The first-order chi connectivity index (χ1) is 9.81. The molecule has 0 unspecified atom stereocenters. The van der Waals surface area contributed by atoms with Crippen LogP contribution < -0.4 is 5.32 Å². The van der Waals surface area contributed by atoms with Crippen LogP contribution in [0.4, 0.5) is 5.13 Å². The van der Waals surface area contributed by atoms with Gasteiger partial charge in [-0.25, -0.2) is 4.98 Å². The summed E-state index contributed by atoms with van der Waals surface area (Å²) in [7, 11) is 0. The van der Waals surface area contributed by atoms with Crippen LogP contribution in [0.5, 0.6) is 0 Å². The number of benzene rings is 1.